The van der Waals surface area contributed by atoms with Gasteiger partial charge in [0.2, 0.25) is 6.29 Å². The third-order valence-electron chi connectivity index (χ3n) is 3.33. The Morgan fingerprint density at radius 2 is 1.77 bits per heavy atom. The Labute approximate surface area is 130 Å². The van der Waals surface area contributed by atoms with Crippen molar-refractivity contribution in [3.63, 3.8) is 0 Å². The summed E-state index contributed by atoms with van der Waals surface area (Å²) in [5.74, 6) is -0.0591. The van der Waals surface area contributed by atoms with Gasteiger partial charge in [-0.25, -0.2) is 0 Å². The van der Waals surface area contributed by atoms with Crippen LogP contribution in [0.4, 0.5) is 11.4 Å². The van der Waals surface area contributed by atoms with E-state index >= 15 is 0 Å². The van der Waals surface area contributed by atoms with Gasteiger partial charge in [-0.05, 0) is 43.2 Å². The fourth-order valence-corrected chi connectivity index (χ4v) is 2.24. The van der Waals surface area contributed by atoms with E-state index in [1.165, 1.54) is 10.5 Å². The van der Waals surface area contributed by atoms with Crippen molar-refractivity contribution in [3.8, 4) is 5.75 Å². The summed E-state index contributed by atoms with van der Waals surface area (Å²) in [6, 6.07) is 14.8. The van der Waals surface area contributed by atoms with E-state index in [1.807, 2.05) is 43.3 Å². The lowest BCUT2D eigenvalue weighted by molar-refractivity contribution is -0.129. The lowest BCUT2D eigenvalue weighted by atomic mass is 10.1. The van der Waals surface area contributed by atoms with Crippen molar-refractivity contribution in [3.05, 3.63) is 54.1 Å². The van der Waals surface area contributed by atoms with E-state index in [0.29, 0.717) is 30.0 Å². The van der Waals surface area contributed by atoms with E-state index in [4.69, 9.17) is 4.74 Å². The summed E-state index contributed by atoms with van der Waals surface area (Å²) < 4.78 is 5.57. The molecule has 0 spiro atoms. The number of hydrogen-bond acceptors (Lipinski definition) is 3. The third kappa shape index (κ3) is 3.34. The average molecular weight is 297 g/mol. The van der Waals surface area contributed by atoms with Crippen LogP contribution in [0.2, 0.25) is 0 Å². The summed E-state index contributed by atoms with van der Waals surface area (Å²) in [6.07, 6.45) is 1.23. The summed E-state index contributed by atoms with van der Waals surface area (Å²) in [7, 11) is 0. The molecule has 22 heavy (non-hydrogen) atoms. The summed E-state index contributed by atoms with van der Waals surface area (Å²) >= 11 is 0. The smallest absolute Gasteiger partial charge is 0.295 e. The van der Waals surface area contributed by atoms with E-state index in [1.54, 1.807) is 12.1 Å². The lowest BCUT2D eigenvalue weighted by Crippen LogP contribution is -2.27. The molecule has 0 saturated carbocycles. The molecule has 0 heterocycles. The molecule has 0 bridgehead atoms. The van der Waals surface area contributed by atoms with Gasteiger partial charge in [0.25, 0.3) is 5.91 Å². The van der Waals surface area contributed by atoms with E-state index in [9.17, 15) is 9.59 Å². The van der Waals surface area contributed by atoms with Gasteiger partial charge < -0.3 is 4.74 Å². The molecule has 1 amide bonds. The molecule has 2 rings (SSSR count). The second kappa shape index (κ2) is 7.41. The van der Waals surface area contributed by atoms with Crippen LogP contribution < -0.4 is 9.64 Å². The minimum atomic E-state index is -0.628. The zero-order chi connectivity index (χ0) is 15.9. The number of ether oxygens (including phenoxy) is 1. The first-order chi connectivity index (χ1) is 10.7. The standard InChI is InChI=1S/C18H19NO3/c1-3-14-9-11-15(12-10-14)19(18(21)13-20)16-7-5-6-8-17(16)22-4-2/h5-13H,3-4H2,1-2H3. The highest BCUT2D eigenvalue weighted by molar-refractivity contribution is 6.33. The summed E-state index contributed by atoms with van der Waals surface area (Å²) in [5, 5.41) is 0. The van der Waals surface area contributed by atoms with E-state index in [-0.39, 0.29) is 0 Å². The molecule has 0 aliphatic carbocycles. The van der Waals surface area contributed by atoms with Crippen molar-refractivity contribution in [2.45, 2.75) is 20.3 Å². The van der Waals surface area contributed by atoms with Gasteiger partial charge >= 0.3 is 0 Å². The van der Waals surface area contributed by atoms with Gasteiger partial charge in [-0.2, -0.15) is 0 Å². The highest BCUT2D eigenvalue weighted by Crippen LogP contribution is 2.33. The Bertz CT molecular complexity index is 650. The van der Waals surface area contributed by atoms with Crippen molar-refractivity contribution < 1.29 is 14.3 Å². The van der Waals surface area contributed by atoms with Crippen molar-refractivity contribution in [2.75, 3.05) is 11.5 Å². The van der Waals surface area contributed by atoms with Gasteiger partial charge in [-0.1, -0.05) is 31.2 Å². The predicted octanol–water partition coefficient (Wildman–Crippen LogP) is 3.51. The summed E-state index contributed by atoms with van der Waals surface area (Å²) in [5.41, 5.74) is 2.37. The molecule has 0 unspecified atom stereocenters. The maximum atomic E-state index is 12.1. The van der Waals surface area contributed by atoms with Crippen molar-refractivity contribution in [1.29, 1.82) is 0 Å². The first kappa shape index (κ1) is 15.8. The minimum absolute atomic E-state index is 0.316. The average Bonchev–Trinajstić information content (AvgIpc) is 2.57. The lowest BCUT2D eigenvalue weighted by Gasteiger charge is -2.23. The Morgan fingerprint density at radius 1 is 1.09 bits per heavy atom. The Hall–Kier alpha value is -2.62. The maximum absolute atomic E-state index is 12.1. The van der Waals surface area contributed by atoms with Crippen LogP contribution in [0.3, 0.4) is 0 Å². The van der Waals surface area contributed by atoms with Crippen LogP contribution in [-0.2, 0) is 16.0 Å². The monoisotopic (exact) mass is 297 g/mol. The minimum Gasteiger partial charge on any atom is -0.492 e. The number of carbonyl (C=O) groups is 2. The number of benzene rings is 2. The molecule has 0 saturated heterocycles. The molecule has 2 aromatic carbocycles. The molecular formula is C18H19NO3. The largest absolute Gasteiger partial charge is 0.492 e. The fourth-order valence-electron chi connectivity index (χ4n) is 2.24. The van der Waals surface area contributed by atoms with E-state index in [2.05, 4.69) is 6.92 Å². The topological polar surface area (TPSA) is 46.6 Å². The van der Waals surface area contributed by atoms with Gasteiger partial charge in [-0.3, -0.25) is 14.5 Å². The van der Waals surface area contributed by atoms with Crippen LogP contribution in [0.1, 0.15) is 19.4 Å². The van der Waals surface area contributed by atoms with Crippen LogP contribution in [0.15, 0.2) is 48.5 Å². The number of aldehydes is 1. The molecule has 114 valence electrons. The SMILES string of the molecule is CCOc1ccccc1N(C(=O)C=O)c1ccc(CC)cc1. The second-order valence-corrected chi connectivity index (χ2v) is 4.71. The molecule has 0 atom stereocenters. The first-order valence-corrected chi connectivity index (χ1v) is 7.31. The zero-order valence-electron chi connectivity index (χ0n) is 12.8. The van der Waals surface area contributed by atoms with Gasteiger partial charge in [0.15, 0.2) is 0 Å². The second-order valence-electron chi connectivity index (χ2n) is 4.71. The number of amides is 1. The van der Waals surface area contributed by atoms with Gasteiger partial charge in [-0.15, -0.1) is 0 Å². The molecule has 4 nitrogen and oxygen atoms in total. The van der Waals surface area contributed by atoms with Crippen molar-refractivity contribution in [1.82, 2.24) is 0 Å². The number of para-hydroxylation sites is 2. The molecule has 0 aromatic heterocycles. The number of rotatable bonds is 6. The first-order valence-electron chi connectivity index (χ1n) is 7.31. The molecule has 0 aliphatic heterocycles. The van der Waals surface area contributed by atoms with Crippen LogP contribution >= 0.6 is 0 Å². The van der Waals surface area contributed by atoms with Gasteiger partial charge in [0.05, 0.1) is 12.3 Å². The van der Waals surface area contributed by atoms with Crippen LogP contribution in [0, 0.1) is 0 Å². The Kier molecular flexibility index (Phi) is 5.31. The number of carbonyl (C=O) groups excluding carboxylic acids is 2. The molecule has 4 heteroatoms. The molecule has 2 aromatic rings. The van der Waals surface area contributed by atoms with Gasteiger partial charge in [0, 0.05) is 5.69 Å². The van der Waals surface area contributed by atoms with Gasteiger partial charge in [0.1, 0.15) is 5.75 Å². The molecule has 0 radical (unpaired) electrons. The molecule has 0 N–H and O–H groups in total. The van der Waals surface area contributed by atoms with E-state index in [0.717, 1.165) is 6.42 Å². The number of aryl methyl sites for hydroxylation is 1. The Balaban J connectivity index is 2.50. The zero-order valence-corrected chi connectivity index (χ0v) is 12.8. The van der Waals surface area contributed by atoms with Crippen LogP contribution in [-0.4, -0.2) is 18.8 Å². The van der Waals surface area contributed by atoms with Crippen LogP contribution in [0.25, 0.3) is 0 Å². The summed E-state index contributed by atoms with van der Waals surface area (Å²) in [6.45, 7) is 4.42. The van der Waals surface area contributed by atoms with Crippen molar-refractivity contribution in [2.24, 2.45) is 0 Å². The molecule has 0 fully saturated rings. The predicted molar refractivity (Wildman–Crippen MR) is 86.6 cm³/mol. The van der Waals surface area contributed by atoms with Crippen molar-refractivity contribution >= 4 is 23.6 Å². The quantitative estimate of drug-likeness (QED) is 0.605. The maximum Gasteiger partial charge on any atom is 0.295 e. The van der Waals surface area contributed by atoms with E-state index < -0.39 is 5.91 Å². The highest BCUT2D eigenvalue weighted by Gasteiger charge is 2.20. The molecule has 0 aliphatic rings. The molecular weight excluding hydrogens is 278 g/mol. The fraction of sp³-hybridized carbons (Fsp3) is 0.222. The Morgan fingerprint density at radius 3 is 2.36 bits per heavy atom. The number of anilines is 2. The number of hydrogen-bond donors (Lipinski definition) is 0. The van der Waals surface area contributed by atoms with Crippen LogP contribution in [0.5, 0.6) is 5.75 Å². The highest BCUT2D eigenvalue weighted by atomic mass is 16.5. The third-order valence-corrected chi connectivity index (χ3v) is 3.33. The summed E-state index contributed by atoms with van der Waals surface area (Å²) in [4.78, 5) is 24.6. The normalized spacial score (nSPS) is 10.1. The number of nitrogens with zero attached hydrogens (tertiary/aromatic N) is 1.